The highest BCUT2D eigenvalue weighted by atomic mass is 16.5. The van der Waals surface area contributed by atoms with Gasteiger partial charge in [0.25, 0.3) is 0 Å². The number of rotatable bonds is 11. The second kappa shape index (κ2) is 10.6. The van der Waals surface area contributed by atoms with Gasteiger partial charge in [-0.05, 0) is 38.4 Å². The highest BCUT2D eigenvalue weighted by molar-refractivity contribution is 5.39. The van der Waals surface area contributed by atoms with Crippen molar-refractivity contribution < 1.29 is 14.2 Å². The summed E-state index contributed by atoms with van der Waals surface area (Å²) in [6, 6.07) is 6.64. The molecule has 1 rings (SSSR count). The number of ether oxygens (including phenoxy) is 3. The molecule has 0 saturated heterocycles. The Morgan fingerprint density at radius 1 is 1.14 bits per heavy atom. The van der Waals surface area contributed by atoms with Crippen LogP contribution in [0.1, 0.15) is 37.4 Å². The number of methoxy groups -OCH3 is 1. The first-order valence-electron chi connectivity index (χ1n) is 7.72. The molecule has 0 amide bonds. The second-order valence-corrected chi connectivity index (χ2v) is 5.13. The molecule has 21 heavy (non-hydrogen) atoms. The average Bonchev–Trinajstić information content (AvgIpc) is 2.46. The van der Waals surface area contributed by atoms with E-state index in [9.17, 15) is 0 Å². The van der Waals surface area contributed by atoms with Gasteiger partial charge < -0.3 is 19.5 Å². The smallest absolute Gasteiger partial charge is 0.124 e. The van der Waals surface area contributed by atoms with Gasteiger partial charge in [-0.3, -0.25) is 0 Å². The van der Waals surface area contributed by atoms with Gasteiger partial charge in [-0.2, -0.15) is 0 Å². The highest BCUT2D eigenvalue weighted by Crippen LogP contribution is 2.26. The maximum absolute atomic E-state index is 5.90. The fourth-order valence-electron chi connectivity index (χ4n) is 2.16. The first-order valence-corrected chi connectivity index (χ1v) is 7.72. The summed E-state index contributed by atoms with van der Waals surface area (Å²) in [7, 11) is 1.70. The molecular weight excluding hydrogens is 266 g/mol. The van der Waals surface area contributed by atoms with E-state index in [0.717, 1.165) is 25.3 Å². The summed E-state index contributed by atoms with van der Waals surface area (Å²) >= 11 is 0. The van der Waals surface area contributed by atoms with Crippen LogP contribution >= 0.6 is 0 Å². The molecule has 0 aliphatic carbocycles. The zero-order valence-corrected chi connectivity index (χ0v) is 13.8. The monoisotopic (exact) mass is 295 g/mol. The van der Waals surface area contributed by atoms with Gasteiger partial charge in [0, 0.05) is 31.9 Å². The summed E-state index contributed by atoms with van der Waals surface area (Å²) in [5, 5.41) is 3.42. The quantitative estimate of drug-likeness (QED) is 0.637. The van der Waals surface area contributed by atoms with Crippen LogP contribution in [-0.4, -0.2) is 40.1 Å². The summed E-state index contributed by atoms with van der Waals surface area (Å²) < 4.78 is 16.4. The number of aryl methyl sites for hydroxylation is 1. The second-order valence-electron chi connectivity index (χ2n) is 5.13. The van der Waals surface area contributed by atoms with Crippen LogP contribution in [0.15, 0.2) is 18.2 Å². The van der Waals surface area contributed by atoms with Crippen molar-refractivity contribution in [1.29, 1.82) is 0 Å². The van der Waals surface area contributed by atoms with E-state index in [1.165, 1.54) is 11.1 Å². The van der Waals surface area contributed by atoms with Crippen LogP contribution in [0.2, 0.25) is 0 Å². The third kappa shape index (κ3) is 6.93. The van der Waals surface area contributed by atoms with Gasteiger partial charge in [0.1, 0.15) is 12.4 Å². The molecule has 1 N–H and O–H groups in total. The lowest BCUT2D eigenvalue weighted by molar-refractivity contribution is 0.0803. The van der Waals surface area contributed by atoms with Crippen LogP contribution in [0.4, 0.5) is 0 Å². The van der Waals surface area contributed by atoms with E-state index in [4.69, 9.17) is 14.2 Å². The highest BCUT2D eigenvalue weighted by Gasteiger charge is 2.10. The van der Waals surface area contributed by atoms with Crippen LogP contribution in [0.25, 0.3) is 0 Å². The summed E-state index contributed by atoms with van der Waals surface area (Å²) in [4.78, 5) is 0. The van der Waals surface area contributed by atoms with E-state index in [2.05, 4.69) is 44.3 Å². The summed E-state index contributed by atoms with van der Waals surface area (Å²) in [6.07, 6.45) is 0.920. The Labute approximate surface area is 128 Å². The Hall–Kier alpha value is -1.10. The maximum atomic E-state index is 5.90. The van der Waals surface area contributed by atoms with Gasteiger partial charge in [-0.1, -0.05) is 19.1 Å². The van der Waals surface area contributed by atoms with Crippen molar-refractivity contribution in [2.45, 2.75) is 33.2 Å². The predicted octanol–water partition coefficient (Wildman–Crippen LogP) is 3.10. The Balaban J connectivity index is 2.43. The standard InChI is InChI=1S/C17H29NO3/c1-5-18-15(3)16-8-7-14(2)13-17(16)21-12-11-20-10-6-9-19-4/h7-8,13,15,18H,5-6,9-12H2,1-4H3. The van der Waals surface area contributed by atoms with Gasteiger partial charge in [-0.15, -0.1) is 0 Å². The molecule has 1 atom stereocenters. The molecule has 4 heteroatoms. The topological polar surface area (TPSA) is 39.7 Å². The van der Waals surface area contributed by atoms with Crippen molar-refractivity contribution in [3.63, 3.8) is 0 Å². The molecule has 1 aromatic carbocycles. The van der Waals surface area contributed by atoms with Crippen LogP contribution in [0.5, 0.6) is 5.75 Å². The van der Waals surface area contributed by atoms with Gasteiger partial charge in [-0.25, -0.2) is 0 Å². The number of hydrogen-bond donors (Lipinski definition) is 1. The minimum Gasteiger partial charge on any atom is -0.491 e. The first-order chi connectivity index (χ1) is 10.2. The lowest BCUT2D eigenvalue weighted by atomic mass is 10.0. The van der Waals surface area contributed by atoms with Gasteiger partial charge in [0.15, 0.2) is 0 Å². The number of hydrogen-bond acceptors (Lipinski definition) is 4. The van der Waals surface area contributed by atoms with Crippen LogP contribution < -0.4 is 10.1 Å². The zero-order chi connectivity index (χ0) is 15.5. The average molecular weight is 295 g/mol. The lowest BCUT2D eigenvalue weighted by Crippen LogP contribution is -2.19. The van der Waals surface area contributed by atoms with Crippen molar-refractivity contribution in [2.24, 2.45) is 0 Å². The molecule has 0 saturated carbocycles. The third-order valence-corrected chi connectivity index (χ3v) is 3.27. The van der Waals surface area contributed by atoms with Crippen molar-refractivity contribution >= 4 is 0 Å². The zero-order valence-electron chi connectivity index (χ0n) is 13.8. The van der Waals surface area contributed by atoms with Crippen molar-refractivity contribution in [1.82, 2.24) is 5.32 Å². The minimum atomic E-state index is 0.285. The summed E-state index contributed by atoms with van der Waals surface area (Å²) in [5.41, 5.74) is 2.40. The van der Waals surface area contributed by atoms with Crippen molar-refractivity contribution in [2.75, 3.05) is 40.1 Å². The first kappa shape index (κ1) is 18.0. The fraction of sp³-hybridized carbons (Fsp3) is 0.647. The minimum absolute atomic E-state index is 0.285. The van der Waals surface area contributed by atoms with Gasteiger partial charge in [0.05, 0.1) is 6.61 Å². The van der Waals surface area contributed by atoms with Gasteiger partial charge in [0.2, 0.25) is 0 Å². The Bertz CT molecular complexity index is 396. The Morgan fingerprint density at radius 3 is 2.67 bits per heavy atom. The van der Waals surface area contributed by atoms with E-state index in [-0.39, 0.29) is 6.04 Å². The third-order valence-electron chi connectivity index (χ3n) is 3.27. The van der Waals surface area contributed by atoms with Crippen LogP contribution in [0.3, 0.4) is 0 Å². The van der Waals surface area contributed by atoms with Crippen molar-refractivity contribution in [3.8, 4) is 5.75 Å². The molecule has 120 valence electrons. The molecule has 0 aromatic heterocycles. The lowest BCUT2D eigenvalue weighted by Gasteiger charge is -2.18. The number of benzene rings is 1. The molecule has 0 bridgehead atoms. The van der Waals surface area contributed by atoms with Crippen LogP contribution in [-0.2, 0) is 9.47 Å². The van der Waals surface area contributed by atoms with E-state index in [1.807, 2.05) is 0 Å². The van der Waals surface area contributed by atoms with E-state index < -0.39 is 0 Å². The van der Waals surface area contributed by atoms with E-state index >= 15 is 0 Å². The van der Waals surface area contributed by atoms with Crippen molar-refractivity contribution in [3.05, 3.63) is 29.3 Å². The molecule has 0 fully saturated rings. The molecule has 0 heterocycles. The molecule has 0 aliphatic rings. The number of nitrogens with one attached hydrogen (secondary N) is 1. The molecular formula is C17H29NO3. The SMILES string of the molecule is CCNC(C)c1ccc(C)cc1OCCOCCCOC. The summed E-state index contributed by atoms with van der Waals surface area (Å²) in [6.45, 7) is 9.91. The van der Waals surface area contributed by atoms with E-state index in [0.29, 0.717) is 19.8 Å². The largest absolute Gasteiger partial charge is 0.491 e. The maximum Gasteiger partial charge on any atom is 0.124 e. The summed E-state index contributed by atoms with van der Waals surface area (Å²) in [5.74, 6) is 0.948. The molecule has 0 aliphatic heterocycles. The molecule has 4 nitrogen and oxygen atoms in total. The van der Waals surface area contributed by atoms with Gasteiger partial charge >= 0.3 is 0 Å². The Kier molecular flexibility index (Phi) is 9.06. The Morgan fingerprint density at radius 2 is 1.95 bits per heavy atom. The predicted molar refractivity (Wildman–Crippen MR) is 86.1 cm³/mol. The fourth-order valence-corrected chi connectivity index (χ4v) is 2.16. The molecule has 1 unspecified atom stereocenters. The molecule has 1 aromatic rings. The molecule has 0 radical (unpaired) electrons. The normalized spacial score (nSPS) is 12.4. The van der Waals surface area contributed by atoms with Crippen LogP contribution in [0, 0.1) is 6.92 Å². The van der Waals surface area contributed by atoms with E-state index in [1.54, 1.807) is 7.11 Å². The molecule has 0 spiro atoms.